The molecule has 4 heteroatoms. The molecule has 0 saturated heterocycles. The van der Waals surface area contributed by atoms with E-state index in [1.807, 2.05) is 54.6 Å². The Bertz CT molecular complexity index is 1100. The minimum absolute atomic E-state index is 0.291. The zero-order valence-corrected chi connectivity index (χ0v) is 13.1. The van der Waals surface area contributed by atoms with Crippen LogP contribution in [0.15, 0.2) is 66.7 Å². The highest BCUT2D eigenvalue weighted by atomic mass is 16.7. The van der Waals surface area contributed by atoms with Crippen LogP contribution in [0.2, 0.25) is 0 Å². The fourth-order valence-corrected chi connectivity index (χ4v) is 3.73. The molecule has 0 bridgehead atoms. The molecule has 1 aliphatic heterocycles. The third-order valence-corrected chi connectivity index (χ3v) is 4.77. The summed E-state index contributed by atoms with van der Waals surface area (Å²) in [7, 11) is 0. The van der Waals surface area contributed by atoms with Gasteiger partial charge in [-0.2, -0.15) is 0 Å². The van der Waals surface area contributed by atoms with E-state index < -0.39 is 11.8 Å². The Morgan fingerprint density at radius 2 is 1.60 bits per heavy atom. The lowest BCUT2D eigenvalue weighted by molar-refractivity contribution is -0.132. The lowest BCUT2D eigenvalue weighted by atomic mass is 9.74. The number of rotatable bonds is 0. The molecule has 3 aromatic carbocycles. The summed E-state index contributed by atoms with van der Waals surface area (Å²) in [4.78, 5) is 25.2. The van der Waals surface area contributed by atoms with E-state index in [0.717, 1.165) is 16.3 Å². The molecule has 0 saturated carbocycles. The topological polar surface area (TPSA) is 52.6 Å². The summed E-state index contributed by atoms with van der Waals surface area (Å²) in [6.07, 6.45) is 2.34. The summed E-state index contributed by atoms with van der Waals surface area (Å²) >= 11 is 0. The van der Waals surface area contributed by atoms with Crippen molar-refractivity contribution in [2.24, 2.45) is 0 Å². The van der Waals surface area contributed by atoms with Gasteiger partial charge in [-0.3, -0.25) is 4.79 Å². The molecule has 0 fully saturated rings. The molecule has 0 radical (unpaired) electrons. The van der Waals surface area contributed by atoms with E-state index in [-0.39, 0.29) is 5.78 Å². The molecular weight excluding hydrogens is 316 g/mol. The number of fused-ring (bicyclic) bond motifs is 6. The van der Waals surface area contributed by atoms with Gasteiger partial charge in [0, 0.05) is 5.56 Å². The fourth-order valence-electron chi connectivity index (χ4n) is 3.73. The van der Waals surface area contributed by atoms with Crippen molar-refractivity contribution in [2.75, 3.05) is 0 Å². The summed E-state index contributed by atoms with van der Waals surface area (Å²) in [5.41, 5.74) is 0.552. The standard InChI is InChI=1S/C21H12O4/c22-18-12-10-14-6-2-4-8-16(14)21(18)19-15-7-3-1-5-13(15)9-11-17(19)24-20(23)25-21/h1-12H/t21-/m0/s1. The highest BCUT2D eigenvalue weighted by Crippen LogP contribution is 2.49. The van der Waals surface area contributed by atoms with Crippen molar-refractivity contribution in [3.8, 4) is 5.75 Å². The average molecular weight is 328 g/mol. The summed E-state index contributed by atoms with van der Waals surface area (Å²) in [6, 6.07) is 18.7. The largest absolute Gasteiger partial charge is 0.515 e. The Kier molecular flexibility index (Phi) is 2.69. The van der Waals surface area contributed by atoms with Crippen molar-refractivity contribution in [1.29, 1.82) is 0 Å². The predicted molar refractivity (Wildman–Crippen MR) is 92.3 cm³/mol. The average Bonchev–Trinajstić information content (AvgIpc) is 2.64. The van der Waals surface area contributed by atoms with Crippen LogP contribution >= 0.6 is 0 Å². The van der Waals surface area contributed by atoms with Gasteiger partial charge in [0.2, 0.25) is 11.4 Å². The van der Waals surface area contributed by atoms with Crippen molar-refractivity contribution >= 4 is 28.8 Å². The molecule has 2 aliphatic rings. The van der Waals surface area contributed by atoms with Gasteiger partial charge in [0.25, 0.3) is 0 Å². The van der Waals surface area contributed by atoms with E-state index in [1.165, 1.54) is 6.08 Å². The van der Waals surface area contributed by atoms with E-state index in [4.69, 9.17) is 9.47 Å². The highest BCUT2D eigenvalue weighted by molar-refractivity contribution is 6.11. The second-order valence-corrected chi connectivity index (χ2v) is 6.08. The number of hydrogen-bond donors (Lipinski definition) is 0. The SMILES string of the molecule is O=C1Oc2ccc3ccccc3c2[C@@]2(O1)C(=O)C=Cc1ccccc12. The van der Waals surface area contributed by atoms with E-state index in [1.54, 1.807) is 12.1 Å². The molecule has 1 atom stereocenters. The molecule has 25 heavy (non-hydrogen) atoms. The van der Waals surface area contributed by atoms with Crippen LogP contribution in [-0.2, 0) is 15.1 Å². The Labute approximate surface area is 143 Å². The second kappa shape index (κ2) is 4.80. The maximum atomic E-state index is 13.1. The third-order valence-electron chi connectivity index (χ3n) is 4.77. The van der Waals surface area contributed by atoms with Gasteiger partial charge in [-0.1, -0.05) is 60.7 Å². The normalized spacial score (nSPS) is 20.8. The Morgan fingerprint density at radius 3 is 2.52 bits per heavy atom. The molecule has 0 unspecified atom stereocenters. The van der Waals surface area contributed by atoms with Gasteiger partial charge in [0.1, 0.15) is 5.75 Å². The van der Waals surface area contributed by atoms with Gasteiger partial charge in [0.15, 0.2) is 0 Å². The van der Waals surface area contributed by atoms with Gasteiger partial charge in [-0.25, -0.2) is 4.79 Å². The quantitative estimate of drug-likeness (QED) is 0.458. The van der Waals surface area contributed by atoms with E-state index >= 15 is 0 Å². The molecule has 0 N–H and O–H groups in total. The molecule has 120 valence electrons. The first-order chi connectivity index (χ1) is 12.2. The van der Waals surface area contributed by atoms with Crippen LogP contribution in [-0.4, -0.2) is 11.9 Å². The molecule has 3 aromatic rings. The van der Waals surface area contributed by atoms with Crippen molar-refractivity contribution in [3.63, 3.8) is 0 Å². The van der Waals surface area contributed by atoms with Gasteiger partial charge >= 0.3 is 6.16 Å². The first-order valence-corrected chi connectivity index (χ1v) is 7.95. The van der Waals surface area contributed by atoms with Gasteiger partial charge < -0.3 is 9.47 Å². The number of benzene rings is 3. The molecule has 1 aliphatic carbocycles. The molecule has 1 heterocycles. The van der Waals surface area contributed by atoms with E-state index in [9.17, 15) is 9.59 Å². The van der Waals surface area contributed by atoms with Crippen LogP contribution < -0.4 is 4.74 Å². The lowest BCUT2D eigenvalue weighted by Gasteiger charge is -2.38. The minimum atomic E-state index is -1.52. The van der Waals surface area contributed by atoms with Crippen LogP contribution in [0.5, 0.6) is 5.75 Å². The third kappa shape index (κ3) is 1.76. The summed E-state index contributed by atoms with van der Waals surface area (Å²) in [6.45, 7) is 0. The van der Waals surface area contributed by atoms with Crippen LogP contribution in [0.3, 0.4) is 0 Å². The van der Waals surface area contributed by atoms with Crippen LogP contribution in [0.25, 0.3) is 16.8 Å². The van der Waals surface area contributed by atoms with Crippen molar-refractivity contribution < 1.29 is 19.1 Å². The van der Waals surface area contributed by atoms with Gasteiger partial charge in [-0.15, -0.1) is 0 Å². The smallest absolute Gasteiger partial charge is 0.409 e. The summed E-state index contributed by atoms with van der Waals surface area (Å²) in [5, 5.41) is 1.77. The number of carbonyl (C=O) groups excluding carboxylic acids is 2. The maximum Gasteiger partial charge on any atom is 0.515 e. The fraction of sp³-hybridized carbons (Fsp3) is 0.0476. The maximum absolute atomic E-state index is 13.1. The second-order valence-electron chi connectivity index (χ2n) is 6.08. The monoisotopic (exact) mass is 328 g/mol. The lowest BCUT2D eigenvalue weighted by Crippen LogP contribution is -2.46. The van der Waals surface area contributed by atoms with Crippen molar-refractivity contribution in [2.45, 2.75) is 5.60 Å². The van der Waals surface area contributed by atoms with Crippen LogP contribution in [0.4, 0.5) is 4.79 Å². The zero-order valence-electron chi connectivity index (χ0n) is 13.1. The predicted octanol–water partition coefficient (Wildman–Crippen LogP) is 4.21. The molecule has 1 spiro atoms. The van der Waals surface area contributed by atoms with E-state index in [2.05, 4.69) is 0 Å². The first-order valence-electron chi connectivity index (χ1n) is 7.95. The minimum Gasteiger partial charge on any atom is -0.409 e. The number of hydrogen-bond acceptors (Lipinski definition) is 4. The summed E-state index contributed by atoms with van der Waals surface area (Å²) in [5.74, 6) is 0.0638. The molecular formula is C21H12O4. The first kappa shape index (κ1) is 14.0. The molecule has 0 amide bonds. The van der Waals surface area contributed by atoms with Crippen LogP contribution in [0, 0.1) is 0 Å². The highest BCUT2D eigenvalue weighted by Gasteiger charge is 2.53. The molecule has 4 nitrogen and oxygen atoms in total. The zero-order chi connectivity index (χ0) is 17.0. The number of ketones is 1. The van der Waals surface area contributed by atoms with E-state index in [0.29, 0.717) is 16.9 Å². The Morgan fingerprint density at radius 1 is 0.800 bits per heavy atom. The van der Waals surface area contributed by atoms with Crippen molar-refractivity contribution in [3.05, 3.63) is 83.4 Å². The van der Waals surface area contributed by atoms with Crippen LogP contribution in [0.1, 0.15) is 16.7 Å². The molecule has 0 aromatic heterocycles. The van der Waals surface area contributed by atoms with Gasteiger partial charge in [0.05, 0.1) is 5.56 Å². The number of carbonyl (C=O) groups is 2. The molecule has 5 rings (SSSR count). The summed E-state index contributed by atoms with van der Waals surface area (Å²) < 4.78 is 10.9. The Balaban J connectivity index is 1.96. The van der Waals surface area contributed by atoms with Crippen molar-refractivity contribution in [1.82, 2.24) is 0 Å². The van der Waals surface area contributed by atoms with Gasteiger partial charge in [-0.05, 0) is 28.5 Å². The number of ether oxygens (including phenoxy) is 2. The Hall–Kier alpha value is -3.40.